The second-order valence-electron chi connectivity index (χ2n) is 6.41. The first kappa shape index (κ1) is 22.4. The van der Waals surface area contributed by atoms with Crippen molar-refractivity contribution >= 4 is 17.5 Å². The molecule has 6 nitrogen and oxygen atoms in total. The summed E-state index contributed by atoms with van der Waals surface area (Å²) in [4.78, 5) is 22.3. The third-order valence-corrected chi connectivity index (χ3v) is 4.90. The molecule has 1 aliphatic heterocycles. The van der Waals surface area contributed by atoms with Crippen LogP contribution in [0.1, 0.15) is 35.5 Å². The lowest BCUT2D eigenvalue weighted by atomic mass is 10.1. The van der Waals surface area contributed by atoms with E-state index in [2.05, 4.69) is 9.97 Å². The van der Waals surface area contributed by atoms with E-state index in [4.69, 9.17) is 16.3 Å². The van der Waals surface area contributed by atoms with Gasteiger partial charge >= 0.3 is 0 Å². The molecule has 162 valence electrons. The third kappa shape index (κ3) is 4.29. The lowest BCUT2D eigenvalue weighted by Crippen LogP contribution is -2.23. The first-order valence-electron chi connectivity index (χ1n) is 9.55. The molecule has 0 fully saturated rings. The molecular weight excluding hydrogens is 428 g/mol. The number of methoxy groups -OCH3 is 1. The number of benzene rings is 2. The Labute approximate surface area is 183 Å². The molecule has 3 aromatic rings. The minimum atomic E-state index is -0.828. The number of aromatic hydroxyl groups is 1. The summed E-state index contributed by atoms with van der Waals surface area (Å²) in [5.41, 5.74) is 0.438. The summed E-state index contributed by atoms with van der Waals surface area (Å²) in [6.45, 7) is 4.15. The summed E-state index contributed by atoms with van der Waals surface area (Å²) >= 11 is 6.15. The second-order valence-corrected chi connectivity index (χ2v) is 6.77. The van der Waals surface area contributed by atoms with Crippen LogP contribution in [0.25, 0.3) is 11.4 Å². The molecule has 2 heterocycles. The van der Waals surface area contributed by atoms with Gasteiger partial charge in [0.2, 0.25) is 0 Å². The van der Waals surface area contributed by atoms with Gasteiger partial charge in [0.25, 0.3) is 5.91 Å². The van der Waals surface area contributed by atoms with E-state index in [-0.39, 0.29) is 41.1 Å². The van der Waals surface area contributed by atoms with Crippen LogP contribution in [-0.2, 0) is 13.1 Å². The van der Waals surface area contributed by atoms with Crippen LogP contribution in [0.15, 0.2) is 36.4 Å². The zero-order valence-electron chi connectivity index (χ0n) is 17.1. The molecule has 4 rings (SSSR count). The van der Waals surface area contributed by atoms with Gasteiger partial charge in [-0.25, -0.2) is 18.7 Å². The molecule has 0 spiro atoms. The highest BCUT2D eigenvalue weighted by Crippen LogP contribution is 2.33. The quantitative estimate of drug-likeness (QED) is 0.571. The predicted molar refractivity (Wildman–Crippen MR) is 112 cm³/mol. The largest absolute Gasteiger partial charge is 0.507 e. The highest BCUT2D eigenvalue weighted by atomic mass is 35.5. The molecule has 0 atom stereocenters. The number of phenols is 1. The van der Waals surface area contributed by atoms with E-state index in [0.29, 0.717) is 11.3 Å². The summed E-state index contributed by atoms with van der Waals surface area (Å²) in [6.07, 6.45) is 0. The first-order chi connectivity index (χ1) is 14.9. The molecule has 9 heteroatoms. The van der Waals surface area contributed by atoms with Crippen LogP contribution >= 0.6 is 11.6 Å². The van der Waals surface area contributed by atoms with E-state index in [0.717, 1.165) is 12.1 Å². The van der Waals surface area contributed by atoms with Crippen molar-refractivity contribution in [3.05, 3.63) is 70.0 Å². The number of amides is 1. The van der Waals surface area contributed by atoms with Gasteiger partial charge in [0, 0.05) is 11.6 Å². The number of phenolic OH excluding ortho intramolecular Hbond substituents is 1. The van der Waals surface area contributed by atoms with Crippen molar-refractivity contribution in [3.63, 3.8) is 0 Å². The molecule has 2 aromatic carbocycles. The van der Waals surface area contributed by atoms with E-state index in [1.165, 1.54) is 24.1 Å². The minimum absolute atomic E-state index is 0.0283. The average Bonchev–Trinajstić information content (AvgIpc) is 3.06. The molecular formula is C22H20ClF2N3O3. The second kappa shape index (κ2) is 9.26. The number of carbonyl (C=O) groups is 1. The molecule has 0 unspecified atom stereocenters. The number of carbonyl (C=O) groups excluding carboxylic acids is 1. The minimum Gasteiger partial charge on any atom is -0.507 e. The highest BCUT2D eigenvalue weighted by molar-refractivity contribution is 6.33. The molecule has 0 bridgehead atoms. The fraction of sp³-hybridized carbons (Fsp3) is 0.227. The van der Waals surface area contributed by atoms with Crippen LogP contribution in [0.2, 0.25) is 5.15 Å². The van der Waals surface area contributed by atoms with Gasteiger partial charge in [-0.2, -0.15) is 0 Å². The van der Waals surface area contributed by atoms with Crippen LogP contribution in [0, 0.1) is 11.6 Å². The monoisotopic (exact) mass is 447 g/mol. The van der Waals surface area contributed by atoms with Gasteiger partial charge in [0.05, 0.1) is 31.5 Å². The highest BCUT2D eigenvalue weighted by Gasteiger charge is 2.33. The molecule has 1 aromatic heterocycles. The number of rotatable bonds is 4. The van der Waals surface area contributed by atoms with E-state index >= 15 is 0 Å². The summed E-state index contributed by atoms with van der Waals surface area (Å²) in [6, 6.07) is 8.15. The first-order valence-corrected chi connectivity index (χ1v) is 9.92. The van der Waals surface area contributed by atoms with Gasteiger partial charge in [-0.15, -0.1) is 0 Å². The van der Waals surface area contributed by atoms with Crippen molar-refractivity contribution in [2.45, 2.75) is 26.9 Å². The Hall–Kier alpha value is -3.26. The average molecular weight is 448 g/mol. The number of hydrogen-bond donors (Lipinski definition) is 1. The van der Waals surface area contributed by atoms with E-state index in [9.17, 15) is 18.7 Å². The Morgan fingerprint density at radius 2 is 1.81 bits per heavy atom. The van der Waals surface area contributed by atoms with E-state index < -0.39 is 23.1 Å². The number of nitrogens with zero attached hydrogens (tertiary/aromatic N) is 3. The summed E-state index contributed by atoms with van der Waals surface area (Å²) in [7, 11) is 1.48. The maximum atomic E-state index is 14.1. The third-order valence-electron chi connectivity index (χ3n) is 4.62. The van der Waals surface area contributed by atoms with Gasteiger partial charge in [0.1, 0.15) is 33.9 Å². The molecule has 0 saturated heterocycles. The van der Waals surface area contributed by atoms with Crippen LogP contribution in [0.4, 0.5) is 8.78 Å². The van der Waals surface area contributed by atoms with Crippen LogP contribution < -0.4 is 4.74 Å². The van der Waals surface area contributed by atoms with Gasteiger partial charge in [-0.1, -0.05) is 31.5 Å². The Balaban J connectivity index is 0.00000132. The molecule has 0 aliphatic carbocycles. The Morgan fingerprint density at radius 3 is 2.42 bits per heavy atom. The fourth-order valence-electron chi connectivity index (χ4n) is 3.17. The molecule has 1 aliphatic rings. The number of ether oxygens (including phenoxy) is 1. The van der Waals surface area contributed by atoms with Gasteiger partial charge in [-0.05, 0) is 24.3 Å². The van der Waals surface area contributed by atoms with E-state index in [1.807, 2.05) is 13.8 Å². The predicted octanol–water partition coefficient (Wildman–Crippen LogP) is 4.97. The molecule has 0 saturated carbocycles. The van der Waals surface area contributed by atoms with Gasteiger partial charge < -0.3 is 14.7 Å². The Kier molecular flexibility index (Phi) is 6.70. The fourth-order valence-corrected chi connectivity index (χ4v) is 3.44. The van der Waals surface area contributed by atoms with Gasteiger partial charge in [0.15, 0.2) is 5.82 Å². The van der Waals surface area contributed by atoms with E-state index in [1.54, 1.807) is 12.1 Å². The summed E-state index contributed by atoms with van der Waals surface area (Å²) in [5, 5.41) is 9.96. The van der Waals surface area contributed by atoms with Crippen molar-refractivity contribution < 1.29 is 23.4 Å². The Morgan fingerprint density at radius 1 is 1.13 bits per heavy atom. The zero-order chi connectivity index (χ0) is 22.7. The normalized spacial score (nSPS) is 12.3. The number of aromatic nitrogens is 2. The number of halogens is 3. The SMILES string of the molecule is CC.COc1ccc(CN2Cc3nc(-c4c(F)cccc4F)nc(Cl)c3C2=O)c(O)c1. The number of fused-ring (bicyclic) bond motifs is 1. The van der Waals surface area contributed by atoms with Gasteiger partial charge in [-0.3, -0.25) is 4.79 Å². The van der Waals surface area contributed by atoms with Crippen LogP contribution in [-0.4, -0.2) is 33.0 Å². The van der Waals surface area contributed by atoms with Crippen molar-refractivity contribution in [1.29, 1.82) is 0 Å². The Bertz CT molecular complexity index is 1120. The summed E-state index contributed by atoms with van der Waals surface area (Å²) in [5.74, 6) is -1.87. The van der Waals surface area contributed by atoms with Crippen molar-refractivity contribution in [2.24, 2.45) is 0 Å². The molecule has 1 N–H and O–H groups in total. The molecule has 0 radical (unpaired) electrons. The van der Waals surface area contributed by atoms with Crippen molar-refractivity contribution in [1.82, 2.24) is 14.9 Å². The lowest BCUT2D eigenvalue weighted by molar-refractivity contribution is 0.0765. The maximum Gasteiger partial charge on any atom is 0.259 e. The number of hydrogen-bond acceptors (Lipinski definition) is 5. The molecule has 31 heavy (non-hydrogen) atoms. The van der Waals surface area contributed by atoms with Crippen LogP contribution in [0.5, 0.6) is 11.5 Å². The maximum absolute atomic E-state index is 14.1. The molecule has 1 amide bonds. The van der Waals surface area contributed by atoms with Crippen molar-refractivity contribution in [2.75, 3.05) is 7.11 Å². The smallest absolute Gasteiger partial charge is 0.259 e. The van der Waals surface area contributed by atoms with Crippen LogP contribution in [0.3, 0.4) is 0 Å². The zero-order valence-corrected chi connectivity index (χ0v) is 17.9. The summed E-state index contributed by atoms with van der Waals surface area (Å²) < 4.78 is 33.2. The topological polar surface area (TPSA) is 75.5 Å². The lowest BCUT2D eigenvalue weighted by Gasteiger charge is -2.16. The van der Waals surface area contributed by atoms with Crippen molar-refractivity contribution in [3.8, 4) is 22.9 Å². The standard InChI is InChI=1S/C20H14ClF2N3O3.C2H6/c1-29-11-6-5-10(15(27)7-11)8-26-9-14-17(20(26)28)18(21)25-19(24-14)16-12(22)3-2-4-13(16)23;1-2/h2-7,27H,8-9H2,1H3;1-2H3.